The first-order valence-corrected chi connectivity index (χ1v) is 8.40. The van der Waals surface area contributed by atoms with Gasteiger partial charge in [0.15, 0.2) is 5.82 Å². The molecule has 0 atom stereocenters. The summed E-state index contributed by atoms with van der Waals surface area (Å²) in [5, 5.41) is 15.8. The number of hydrogen-bond donors (Lipinski definition) is 1. The Labute approximate surface area is 120 Å². The minimum absolute atomic E-state index is 0.0369. The molecule has 2 N–H and O–H groups in total. The van der Waals surface area contributed by atoms with E-state index in [4.69, 9.17) is 5.73 Å². The van der Waals surface area contributed by atoms with Crippen molar-refractivity contribution >= 4 is 27.0 Å². The van der Waals surface area contributed by atoms with E-state index in [0.717, 1.165) is 5.01 Å². The molecule has 0 radical (unpaired) electrons. The average Bonchev–Trinajstić information content (AvgIpc) is 2.94. The van der Waals surface area contributed by atoms with Gasteiger partial charge in [0.1, 0.15) is 5.01 Å². The fraction of sp³-hybridized carbons (Fsp3) is 0.600. The number of anilines is 1. The first-order valence-electron chi connectivity index (χ1n) is 6.04. The second kappa shape index (κ2) is 5.09. The zero-order chi connectivity index (χ0) is 15.1. The van der Waals surface area contributed by atoms with Gasteiger partial charge < -0.3 is 5.73 Å². The van der Waals surface area contributed by atoms with E-state index < -0.39 is 15.1 Å². The van der Waals surface area contributed by atoms with Gasteiger partial charge in [-0.2, -0.15) is 4.68 Å². The highest BCUT2D eigenvalue weighted by atomic mass is 32.2. The number of nitrogen functional groups attached to an aromatic ring is 1. The third-order valence-corrected chi connectivity index (χ3v) is 5.94. The van der Waals surface area contributed by atoms with Gasteiger partial charge in [0.2, 0.25) is 20.0 Å². The van der Waals surface area contributed by atoms with Crippen molar-refractivity contribution in [2.24, 2.45) is 0 Å². The topological polar surface area (TPSA) is 117 Å². The lowest BCUT2D eigenvalue weighted by Crippen LogP contribution is -2.16. The van der Waals surface area contributed by atoms with Gasteiger partial charge in [-0.15, -0.1) is 15.3 Å². The van der Waals surface area contributed by atoms with Crippen molar-refractivity contribution in [2.75, 3.05) is 5.73 Å². The summed E-state index contributed by atoms with van der Waals surface area (Å²) < 4.78 is 25.4. The smallest absolute Gasteiger partial charge is 0.236 e. The fourth-order valence-electron chi connectivity index (χ4n) is 1.39. The molecule has 0 aromatic carbocycles. The number of nitrogens with two attached hydrogens (primary N) is 1. The molecule has 0 aliphatic carbocycles. The third kappa shape index (κ3) is 2.40. The van der Waals surface area contributed by atoms with Crippen LogP contribution in [0.15, 0.2) is 5.03 Å². The van der Waals surface area contributed by atoms with Crippen LogP contribution < -0.4 is 5.73 Å². The van der Waals surface area contributed by atoms with Gasteiger partial charge in [0.05, 0.1) is 5.25 Å². The molecule has 0 aliphatic heterocycles. The molecule has 0 bridgehead atoms. The zero-order valence-corrected chi connectivity index (χ0v) is 13.2. The van der Waals surface area contributed by atoms with Crippen LogP contribution in [0.3, 0.4) is 0 Å². The van der Waals surface area contributed by atoms with E-state index in [-0.39, 0.29) is 16.8 Å². The van der Waals surface area contributed by atoms with Gasteiger partial charge in [0, 0.05) is 5.92 Å². The van der Waals surface area contributed by atoms with E-state index in [1.54, 1.807) is 13.8 Å². The molecule has 0 saturated heterocycles. The molecule has 2 rings (SSSR count). The number of hydrogen-bond acceptors (Lipinski definition) is 8. The Morgan fingerprint density at radius 2 is 1.80 bits per heavy atom. The predicted octanol–water partition coefficient (Wildman–Crippen LogP) is 1.01. The van der Waals surface area contributed by atoms with Crippen molar-refractivity contribution in [3.8, 4) is 5.13 Å². The first kappa shape index (κ1) is 14.9. The van der Waals surface area contributed by atoms with Crippen LogP contribution in [0.5, 0.6) is 0 Å². The lowest BCUT2D eigenvalue weighted by Gasteiger charge is -2.04. The van der Waals surface area contributed by atoms with Crippen LogP contribution in [0.4, 0.5) is 5.82 Å². The van der Waals surface area contributed by atoms with Crippen molar-refractivity contribution < 1.29 is 8.42 Å². The minimum Gasteiger partial charge on any atom is -0.381 e. The molecule has 110 valence electrons. The Morgan fingerprint density at radius 3 is 2.30 bits per heavy atom. The summed E-state index contributed by atoms with van der Waals surface area (Å²) in [5.74, 6) is 0.190. The first-order chi connectivity index (χ1) is 9.25. The summed E-state index contributed by atoms with van der Waals surface area (Å²) in [6.07, 6.45) is 0. The summed E-state index contributed by atoms with van der Waals surface area (Å²) in [6.45, 7) is 7.11. The second-order valence-electron chi connectivity index (χ2n) is 4.86. The quantitative estimate of drug-likeness (QED) is 0.894. The van der Waals surface area contributed by atoms with Gasteiger partial charge in [-0.25, -0.2) is 8.42 Å². The summed E-state index contributed by atoms with van der Waals surface area (Å²) in [6, 6.07) is 0. The van der Waals surface area contributed by atoms with Crippen LogP contribution >= 0.6 is 11.3 Å². The molecule has 0 fully saturated rings. The Kier molecular flexibility index (Phi) is 3.78. The van der Waals surface area contributed by atoms with Gasteiger partial charge in [-0.1, -0.05) is 30.4 Å². The Hall–Kier alpha value is -1.55. The number of sulfone groups is 1. The van der Waals surface area contributed by atoms with E-state index in [0.29, 0.717) is 5.13 Å². The van der Waals surface area contributed by atoms with Crippen LogP contribution in [-0.2, 0) is 9.84 Å². The predicted molar refractivity (Wildman–Crippen MR) is 75.6 cm³/mol. The number of nitrogens with zero attached hydrogens (tertiary/aromatic N) is 5. The van der Waals surface area contributed by atoms with Gasteiger partial charge in [0.25, 0.3) is 0 Å². The molecular formula is C10H16N6O2S2. The zero-order valence-electron chi connectivity index (χ0n) is 11.6. The molecule has 2 aromatic rings. The molecular weight excluding hydrogens is 300 g/mol. The van der Waals surface area contributed by atoms with Gasteiger partial charge in [-0.05, 0) is 13.8 Å². The van der Waals surface area contributed by atoms with E-state index >= 15 is 0 Å². The maximum atomic E-state index is 12.1. The van der Waals surface area contributed by atoms with Crippen molar-refractivity contribution in [3.05, 3.63) is 5.01 Å². The minimum atomic E-state index is -3.57. The van der Waals surface area contributed by atoms with Gasteiger partial charge >= 0.3 is 0 Å². The standard InChI is InChI=1S/C10H16N6O2S2/c1-5(2)8-12-14-10(19-8)16-7(11)9(13-15-16)20(17,18)6(3)4/h5-6H,11H2,1-4H3. The molecule has 0 saturated carbocycles. The molecule has 2 heterocycles. The second-order valence-corrected chi connectivity index (χ2v) is 8.27. The van der Waals surface area contributed by atoms with Crippen LogP contribution in [0.1, 0.15) is 38.6 Å². The SMILES string of the molecule is CC(C)c1nnc(-n2nnc(S(=O)(=O)C(C)C)c2N)s1. The molecule has 0 amide bonds. The van der Waals surface area contributed by atoms with Crippen molar-refractivity contribution in [1.29, 1.82) is 0 Å². The molecule has 20 heavy (non-hydrogen) atoms. The summed E-state index contributed by atoms with van der Waals surface area (Å²) in [5.41, 5.74) is 5.84. The molecule has 0 unspecified atom stereocenters. The van der Waals surface area contributed by atoms with E-state index in [2.05, 4.69) is 20.5 Å². The van der Waals surface area contributed by atoms with Crippen LogP contribution in [0.25, 0.3) is 5.13 Å². The van der Waals surface area contributed by atoms with E-state index in [1.807, 2.05) is 13.8 Å². The van der Waals surface area contributed by atoms with Crippen molar-refractivity contribution in [1.82, 2.24) is 25.2 Å². The Morgan fingerprint density at radius 1 is 1.15 bits per heavy atom. The summed E-state index contributed by atoms with van der Waals surface area (Å²) in [4.78, 5) is 0. The van der Waals surface area contributed by atoms with Crippen LogP contribution in [-0.4, -0.2) is 38.9 Å². The Balaban J connectivity index is 2.48. The van der Waals surface area contributed by atoms with E-state index in [1.165, 1.54) is 16.0 Å². The average molecular weight is 316 g/mol. The normalized spacial score (nSPS) is 12.5. The molecule has 10 heteroatoms. The molecule has 0 spiro atoms. The highest BCUT2D eigenvalue weighted by Crippen LogP contribution is 2.26. The van der Waals surface area contributed by atoms with Gasteiger partial charge in [-0.3, -0.25) is 0 Å². The molecule has 8 nitrogen and oxygen atoms in total. The van der Waals surface area contributed by atoms with E-state index in [9.17, 15) is 8.42 Å². The fourth-order valence-corrected chi connectivity index (χ4v) is 3.17. The Bertz CT molecular complexity index is 716. The monoisotopic (exact) mass is 316 g/mol. The largest absolute Gasteiger partial charge is 0.381 e. The summed E-state index contributed by atoms with van der Waals surface area (Å²) in [7, 11) is -3.57. The molecule has 2 aromatic heterocycles. The number of aromatic nitrogens is 5. The van der Waals surface area contributed by atoms with Crippen molar-refractivity contribution in [3.63, 3.8) is 0 Å². The highest BCUT2D eigenvalue weighted by molar-refractivity contribution is 7.92. The van der Waals surface area contributed by atoms with Crippen LogP contribution in [0.2, 0.25) is 0 Å². The number of rotatable bonds is 4. The lowest BCUT2D eigenvalue weighted by molar-refractivity contribution is 0.583. The summed E-state index contributed by atoms with van der Waals surface area (Å²) >= 11 is 1.30. The van der Waals surface area contributed by atoms with Crippen molar-refractivity contribution in [2.45, 2.75) is 43.9 Å². The highest BCUT2D eigenvalue weighted by Gasteiger charge is 2.28. The van der Waals surface area contributed by atoms with Crippen LogP contribution in [0, 0.1) is 0 Å². The third-order valence-electron chi connectivity index (χ3n) is 2.67. The maximum Gasteiger partial charge on any atom is 0.236 e. The maximum absolute atomic E-state index is 12.1. The molecule has 0 aliphatic rings. The lowest BCUT2D eigenvalue weighted by atomic mass is 10.2.